The number of hydrogen-bond acceptors (Lipinski definition) is 3. The van der Waals surface area contributed by atoms with E-state index in [-0.39, 0.29) is 18.3 Å². The van der Waals surface area contributed by atoms with Crippen molar-refractivity contribution in [1.29, 1.82) is 0 Å². The lowest BCUT2D eigenvalue weighted by atomic mass is 9.90. The van der Waals surface area contributed by atoms with E-state index in [0.717, 1.165) is 24.5 Å². The third kappa shape index (κ3) is 4.31. The molecule has 1 aliphatic rings. The standard InChI is InChI=1S/C17H17Cl2N3.ClH/c18-15-7-4-8-16(19)14(15)11-13(12-5-2-1-3-6-12)17-20-9-10-21-22-17;/h1-8,13,21H,9-11H2,(H,20,22);1H. The highest BCUT2D eigenvalue weighted by Gasteiger charge is 2.22. The summed E-state index contributed by atoms with van der Waals surface area (Å²) in [5, 5.41) is 9.19. The van der Waals surface area contributed by atoms with Crippen LogP contribution in [0, 0.1) is 0 Å². The minimum Gasteiger partial charge on any atom is -0.370 e. The molecule has 0 spiro atoms. The largest absolute Gasteiger partial charge is 0.370 e. The summed E-state index contributed by atoms with van der Waals surface area (Å²) in [6, 6.07) is 15.9. The zero-order valence-corrected chi connectivity index (χ0v) is 14.8. The van der Waals surface area contributed by atoms with Crippen LogP contribution in [-0.2, 0) is 6.42 Å². The fraction of sp³-hybridized carbons (Fsp3) is 0.235. The fourth-order valence-electron chi connectivity index (χ4n) is 2.62. The van der Waals surface area contributed by atoms with Gasteiger partial charge in [0, 0.05) is 22.5 Å². The Hall–Kier alpha value is -1.42. The average Bonchev–Trinajstić information content (AvgIpc) is 2.56. The summed E-state index contributed by atoms with van der Waals surface area (Å²) in [5.74, 6) is 1.01. The molecule has 6 heteroatoms. The first-order valence-electron chi connectivity index (χ1n) is 7.28. The minimum atomic E-state index is 0. The molecule has 0 radical (unpaired) electrons. The molecule has 0 saturated heterocycles. The number of nitrogens with zero attached hydrogens (tertiary/aromatic N) is 1. The van der Waals surface area contributed by atoms with E-state index in [0.29, 0.717) is 16.5 Å². The zero-order valence-electron chi connectivity index (χ0n) is 12.4. The van der Waals surface area contributed by atoms with Crippen LogP contribution in [0.4, 0.5) is 0 Å². The van der Waals surface area contributed by atoms with Crippen LogP contribution in [0.25, 0.3) is 0 Å². The van der Waals surface area contributed by atoms with E-state index in [1.165, 1.54) is 5.56 Å². The second-order valence-corrected chi connectivity index (χ2v) is 6.01. The molecule has 3 rings (SSSR count). The Morgan fingerprint density at radius 3 is 2.26 bits per heavy atom. The molecule has 0 saturated carbocycles. The van der Waals surface area contributed by atoms with Gasteiger partial charge in [0.2, 0.25) is 0 Å². The highest BCUT2D eigenvalue weighted by atomic mass is 35.5. The van der Waals surface area contributed by atoms with Crippen molar-refractivity contribution in [2.45, 2.75) is 12.3 Å². The summed E-state index contributed by atoms with van der Waals surface area (Å²) in [4.78, 5) is 0. The highest BCUT2D eigenvalue weighted by molar-refractivity contribution is 6.36. The summed E-state index contributed by atoms with van der Waals surface area (Å²) in [5.41, 5.74) is 5.20. The van der Waals surface area contributed by atoms with Gasteiger partial charge in [0.25, 0.3) is 0 Å². The van der Waals surface area contributed by atoms with E-state index in [1.54, 1.807) is 0 Å². The Balaban J connectivity index is 0.00000192. The van der Waals surface area contributed by atoms with Crippen molar-refractivity contribution >= 4 is 41.4 Å². The summed E-state index contributed by atoms with van der Waals surface area (Å²) < 4.78 is 0. The normalized spacial score (nSPS) is 14.8. The maximum atomic E-state index is 6.34. The summed E-state index contributed by atoms with van der Waals surface area (Å²) in [6.07, 6.45) is 0.704. The van der Waals surface area contributed by atoms with Crippen LogP contribution in [-0.4, -0.2) is 18.9 Å². The third-order valence-corrected chi connectivity index (χ3v) is 4.45. The molecule has 122 valence electrons. The molecule has 0 aliphatic carbocycles. The Morgan fingerprint density at radius 1 is 0.957 bits per heavy atom. The fourth-order valence-corrected chi connectivity index (χ4v) is 3.17. The molecule has 2 aromatic carbocycles. The van der Waals surface area contributed by atoms with Gasteiger partial charge in [-0.05, 0) is 29.7 Å². The molecule has 1 unspecified atom stereocenters. The second kappa shape index (κ2) is 8.44. The van der Waals surface area contributed by atoms with Gasteiger partial charge in [0.15, 0.2) is 0 Å². The average molecular weight is 371 g/mol. The van der Waals surface area contributed by atoms with Crippen LogP contribution in [0.5, 0.6) is 0 Å². The minimum absolute atomic E-state index is 0. The highest BCUT2D eigenvalue weighted by Crippen LogP contribution is 2.31. The molecular formula is C17H18Cl3N3. The first-order chi connectivity index (χ1) is 10.8. The monoisotopic (exact) mass is 369 g/mol. The molecule has 1 aliphatic heterocycles. The molecule has 3 nitrogen and oxygen atoms in total. The number of halogens is 3. The predicted molar refractivity (Wildman–Crippen MR) is 100 cm³/mol. The van der Waals surface area contributed by atoms with Gasteiger partial charge in [-0.3, -0.25) is 0 Å². The Labute approximate surface area is 152 Å². The number of hydrazone groups is 1. The van der Waals surface area contributed by atoms with Crippen molar-refractivity contribution in [3.05, 3.63) is 69.7 Å². The molecule has 1 heterocycles. The van der Waals surface area contributed by atoms with Crippen molar-refractivity contribution < 1.29 is 0 Å². The number of rotatable bonds is 4. The van der Waals surface area contributed by atoms with Crippen LogP contribution in [0.1, 0.15) is 17.0 Å². The van der Waals surface area contributed by atoms with Gasteiger partial charge in [0.05, 0.1) is 6.54 Å². The van der Waals surface area contributed by atoms with E-state index in [1.807, 2.05) is 36.4 Å². The van der Waals surface area contributed by atoms with Crippen LogP contribution < -0.4 is 10.7 Å². The van der Waals surface area contributed by atoms with E-state index in [9.17, 15) is 0 Å². The Kier molecular flexibility index (Phi) is 6.58. The summed E-state index contributed by atoms with van der Waals surface area (Å²) >= 11 is 12.7. The molecule has 1 atom stereocenters. The maximum Gasteiger partial charge on any atom is 0.130 e. The number of amidine groups is 1. The lowest BCUT2D eigenvalue weighted by Gasteiger charge is -2.25. The smallest absolute Gasteiger partial charge is 0.130 e. The molecule has 0 amide bonds. The molecule has 0 aromatic heterocycles. The van der Waals surface area contributed by atoms with Gasteiger partial charge < -0.3 is 10.7 Å². The van der Waals surface area contributed by atoms with Gasteiger partial charge in [0.1, 0.15) is 5.84 Å². The van der Waals surface area contributed by atoms with E-state index in [2.05, 4.69) is 28.0 Å². The van der Waals surface area contributed by atoms with Gasteiger partial charge in [-0.2, -0.15) is 5.10 Å². The lowest BCUT2D eigenvalue weighted by Crippen LogP contribution is -2.41. The van der Waals surface area contributed by atoms with Gasteiger partial charge in [-0.1, -0.05) is 59.6 Å². The van der Waals surface area contributed by atoms with Gasteiger partial charge in [-0.25, -0.2) is 0 Å². The molecule has 0 fully saturated rings. The number of benzene rings is 2. The Bertz CT molecular complexity index is 654. The third-order valence-electron chi connectivity index (χ3n) is 3.74. The first-order valence-corrected chi connectivity index (χ1v) is 8.03. The van der Waals surface area contributed by atoms with E-state index < -0.39 is 0 Å². The van der Waals surface area contributed by atoms with E-state index in [4.69, 9.17) is 23.2 Å². The van der Waals surface area contributed by atoms with Crippen LogP contribution in [0.3, 0.4) is 0 Å². The van der Waals surface area contributed by atoms with Gasteiger partial charge in [-0.15, -0.1) is 12.4 Å². The molecular weight excluding hydrogens is 353 g/mol. The predicted octanol–water partition coefficient (Wildman–Crippen LogP) is 4.25. The van der Waals surface area contributed by atoms with Crippen LogP contribution in [0.2, 0.25) is 10.0 Å². The lowest BCUT2D eigenvalue weighted by molar-refractivity contribution is 0.638. The second-order valence-electron chi connectivity index (χ2n) is 5.20. The SMILES string of the molecule is Cl.Clc1cccc(Cl)c1CC(C1=NNCCN1)c1ccccc1. The van der Waals surface area contributed by atoms with Gasteiger partial charge >= 0.3 is 0 Å². The molecule has 0 bridgehead atoms. The van der Waals surface area contributed by atoms with E-state index >= 15 is 0 Å². The summed E-state index contributed by atoms with van der Waals surface area (Å²) in [6.45, 7) is 1.69. The zero-order chi connectivity index (χ0) is 15.4. The summed E-state index contributed by atoms with van der Waals surface area (Å²) in [7, 11) is 0. The molecule has 23 heavy (non-hydrogen) atoms. The van der Waals surface area contributed by atoms with Crippen molar-refractivity contribution in [2.24, 2.45) is 5.10 Å². The number of hydrogen-bond donors (Lipinski definition) is 2. The topological polar surface area (TPSA) is 36.4 Å². The Morgan fingerprint density at radius 2 is 1.65 bits per heavy atom. The number of nitrogens with one attached hydrogen (secondary N) is 2. The van der Waals surface area contributed by atoms with Crippen molar-refractivity contribution in [3.8, 4) is 0 Å². The molecule has 2 aromatic rings. The van der Waals surface area contributed by atoms with Crippen molar-refractivity contribution in [3.63, 3.8) is 0 Å². The quantitative estimate of drug-likeness (QED) is 0.844. The molecule has 2 N–H and O–H groups in total. The first kappa shape index (κ1) is 17.9. The maximum absolute atomic E-state index is 6.34. The van der Waals surface area contributed by atoms with Crippen LogP contribution in [0.15, 0.2) is 53.6 Å². The van der Waals surface area contributed by atoms with Crippen molar-refractivity contribution in [1.82, 2.24) is 10.7 Å². The van der Waals surface area contributed by atoms with Crippen LogP contribution >= 0.6 is 35.6 Å². The van der Waals surface area contributed by atoms with Crippen molar-refractivity contribution in [2.75, 3.05) is 13.1 Å².